The Morgan fingerprint density at radius 3 is 1.80 bits per heavy atom. The summed E-state index contributed by atoms with van der Waals surface area (Å²) in [4.78, 5) is 2.47. The average Bonchev–Trinajstić information content (AvgIpc) is 2.53. The van der Waals surface area contributed by atoms with E-state index in [2.05, 4.69) is 88.4 Å². The maximum absolute atomic E-state index is 3.55. The molecule has 2 heteroatoms. The predicted molar refractivity (Wildman–Crippen MR) is 92.1 cm³/mol. The number of rotatable bonds is 7. The lowest BCUT2D eigenvalue weighted by Crippen LogP contribution is -2.30. The molecule has 2 rings (SSSR count). The zero-order chi connectivity index (χ0) is 14.2. The van der Waals surface area contributed by atoms with E-state index in [0.29, 0.717) is 6.04 Å². The Bertz CT molecular complexity index is 444. The molecular formula is C18H22BrN. The molecule has 2 aromatic carbocycles. The van der Waals surface area contributed by atoms with Crippen molar-refractivity contribution in [3.05, 3.63) is 60.7 Å². The van der Waals surface area contributed by atoms with Crippen LogP contribution in [0, 0.1) is 0 Å². The van der Waals surface area contributed by atoms with E-state index in [1.807, 2.05) is 0 Å². The Balaban J connectivity index is 2.33. The summed E-state index contributed by atoms with van der Waals surface area (Å²) in [6.07, 6.45) is 3.55. The highest BCUT2D eigenvalue weighted by molar-refractivity contribution is 9.09. The SMILES string of the molecule is CCC(CCCBr)N(c1ccccc1)c1ccccc1. The molecule has 0 aromatic heterocycles. The van der Waals surface area contributed by atoms with Crippen LogP contribution in [0.25, 0.3) is 0 Å². The van der Waals surface area contributed by atoms with Gasteiger partial charge in [-0.05, 0) is 43.5 Å². The molecule has 106 valence electrons. The van der Waals surface area contributed by atoms with Crippen molar-refractivity contribution in [2.75, 3.05) is 10.2 Å². The first-order valence-electron chi connectivity index (χ1n) is 7.32. The molecule has 0 spiro atoms. The highest BCUT2D eigenvalue weighted by atomic mass is 79.9. The van der Waals surface area contributed by atoms with Crippen LogP contribution in [0.4, 0.5) is 11.4 Å². The van der Waals surface area contributed by atoms with Crippen molar-refractivity contribution < 1.29 is 0 Å². The third-order valence-corrected chi connectivity index (χ3v) is 4.14. The van der Waals surface area contributed by atoms with Crippen molar-refractivity contribution in [3.8, 4) is 0 Å². The second-order valence-corrected chi connectivity index (χ2v) is 5.73. The van der Waals surface area contributed by atoms with E-state index in [9.17, 15) is 0 Å². The largest absolute Gasteiger partial charge is 0.338 e. The van der Waals surface area contributed by atoms with Crippen LogP contribution in [0.5, 0.6) is 0 Å². The summed E-state index contributed by atoms with van der Waals surface area (Å²) in [5, 5.41) is 1.07. The third-order valence-electron chi connectivity index (χ3n) is 3.58. The van der Waals surface area contributed by atoms with Gasteiger partial charge in [-0.2, -0.15) is 0 Å². The molecule has 20 heavy (non-hydrogen) atoms. The molecule has 0 aliphatic heterocycles. The summed E-state index contributed by atoms with van der Waals surface area (Å²) in [6, 6.07) is 21.9. The summed E-state index contributed by atoms with van der Waals surface area (Å²) in [5.41, 5.74) is 2.56. The number of nitrogens with zero attached hydrogens (tertiary/aromatic N) is 1. The summed E-state index contributed by atoms with van der Waals surface area (Å²) in [7, 11) is 0. The maximum Gasteiger partial charge on any atom is 0.0413 e. The van der Waals surface area contributed by atoms with Crippen molar-refractivity contribution in [1.82, 2.24) is 0 Å². The molecular weight excluding hydrogens is 310 g/mol. The molecule has 0 heterocycles. The van der Waals surface area contributed by atoms with Crippen molar-refractivity contribution in [2.24, 2.45) is 0 Å². The van der Waals surface area contributed by atoms with Crippen LogP contribution in [0.1, 0.15) is 26.2 Å². The quantitative estimate of drug-likeness (QED) is 0.581. The zero-order valence-corrected chi connectivity index (χ0v) is 13.6. The topological polar surface area (TPSA) is 3.24 Å². The Kier molecular flexibility index (Phi) is 6.13. The van der Waals surface area contributed by atoms with Crippen LogP contribution < -0.4 is 4.90 Å². The maximum atomic E-state index is 3.55. The first-order chi connectivity index (χ1) is 9.86. The van der Waals surface area contributed by atoms with E-state index < -0.39 is 0 Å². The van der Waals surface area contributed by atoms with Gasteiger partial charge in [0.15, 0.2) is 0 Å². The Labute approximate surface area is 130 Å². The molecule has 0 fully saturated rings. The number of hydrogen-bond acceptors (Lipinski definition) is 1. The van der Waals surface area contributed by atoms with Gasteiger partial charge in [-0.15, -0.1) is 0 Å². The summed E-state index contributed by atoms with van der Waals surface area (Å²) in [5.74, 6) is 0. The number of alkyl halides is 1. The number of halogens is 1. The van der Waals surface area contributed by atoms with E-state index in [-0.39, 0.29) is 0 Å². The number of anilines is 2. The Morgan fingerprint density at radius 1 is 0.900 bits per heavy atom. The van der Waals surface area contributed by atoms with Gasteiger partial charge in [0.05, 0.1) is 0 Å². The van der Waals surface area contributed by atoms with Crippen LogP contribution in [0.15, 0.2) is 60.7 Å². The highest BCUT2D eigenvalue weighted by Gasteiger charge is 2.18. The molecule has 1 nitrogen and oxygen atoms in total. The number of para-hydroxylation sites is 2. The minimum absolute atomic E-state index is 0.539. The van der Waals surface area contributed by atoms with Crippen molar-refractivity contribution in [1.29, 1.82) is 0 Å². The van der Waals surface area contributed by atoms with Gasteiger partial charge in [-0.3, -0.25) is 0 Å². The van der Waals surface area contributed by atoms with Crippen LogP contribution in [0.2, 0.25) is 0 Å². The smallest absolute Gasteiger partial charge is 0.0413 e. The molecule has 2 aromatic rings. The Morgan fingerprint density at radius 2 is 1.40 bits per heavy atom. The minimum Gasteiger partial charge on any atom is -0.338 e. The first-order valence-corrected chi connectivity index (χ1v) is 8.44. The lowest BCUT2D eigenvalue weighted by atomic mass is 10.0. The molecule has 0 saturated carbocycles. The molecule has 0 radical (unpaired) electrons. The van der Waals surface area contributed by atoms with E-state index in [1.165, 1.54) is 24.2 Å². The van der Waals surface area contributed by atoms with Gasteiger partial charge in [0.25, 0.3) is 0 Å². The molecule has 0 aliphatic carbocycles. The summed E-state index contributed by atoms with van der Waals surface area (Å²) < 4.78 is 0. The van der Waals surface area contributed by atoms with E-state index in [1.54, 1.807) is 0 Å². The molecule has 0 saturated heterocycles. The molecule has 1 unspecified atom stereocenters. The van der Waals surface area contributed by atoms with Crippen LogP contribution in [-0.2, 0) is 0 Å². The lowest BCUT2D eigenvalue weighted by Gasteiger charge is -2.33. The highest BCUT2D eigenvalue weighted by Crippen LogP contribution is 2.30. The normalized spacial score (nSPS) is 12.1. The molecule has 0 aliphatic rings. The second-order valence-electron chi connectivity index (χ2n) is 4.93. The average molecular weight is 332 g/mol. The molecule has 0 N–H and O–H groups in total. The van der Waals surface area contributed by atoms with Crippen LogP contribution in [-0.4, -0.2) is 11.4 Å². The van der Waals surface area contributed by atoms with Gasteiger partial charge >= 0.3 is 0 Å². The fourth-order valence-corrected chi connectivity index (χ4v) is 2.90. The first kappa shape index (κ1) is 15.1. The van der Waals surface area contributed by atoms with E-state index in [4.69, 9.17) is 0 Å². The molecule has 1 atom stereocenters. The second kappa shape index (κ2) is 8.11. The number of benzene rings is 2. The van der Waals surface area contributed by atoms with Gasteiger partial charge in [-0.1, -0.05) is 59.3 Å². The van der Waals surface area contributed by atoms with Gasteiger partial charge in [0.1, 0.15) is 0 Å². The summed E-state index contributed by atoms with van der Waals surface area (Å²) in [6.45, 7) is 2.28. The summed E-state index contributed by atoms with van der Waals surface area (Å²) >= 11 is 3.55. The van der Waals surface area contributed by atoms with E-state index >= 15 is 0 Å². The number of hydrogen-bond donors (Lipinski definition) is 0. The molecule has 0 bridgehead atoms. The Hall–Kier alpha value is -1.28. The molecule has 0 amide bonds. The monoisotopic (exact) mass is 331 g/mol. The van der Waals surface area contributed by atoms with Gasteiger partial charge in [0.2, 0.25) is 0 Å². The lowest BCUT2D eigenvalue weighted by molar-refractivity contribution is 0.576. The van der Waals surface area contributed by atoms with Gasteiger partial charge in [0, 0.05) is 22.7 Å². The standard InChI is InChI=1S/C18H22BrN/c1-2-16(14-9-15-19)20(17-10-5-3-6-11-17)18-12-7-4-8-13-18/h3-8,10-13,16H,2,9,14-15H2,1H3. The fourth-order valence-electron chi connectivity index (χ4n) is 2.58. The van der Waals surface area contributed by atoms with Crippen LogP contribution in [0.3, 0.4) is 0 Å². The van der Waals surface area contributed by atoms with Crippen molar-refractivity contribution in [2.45, 2.75) is 32.2 Å². The minimum atomic E-state index is 0.539. The fraction of sp³-hybridized carbons (Fsp3) is 0.333. The van der Waals surface area contributed by atoms with Crippen molar-refractivity contribution >= 4 is 27.3 Å². The van der Waals surface area contributed by atoms with Gasteiger partial charge in [-0.25, -0.2) is 0 Å². The van der Waals surface area contributed by atoms with Crippen molar-refractivity contribution in [3.63, 3.8) is 0 Å². The van der Waals surface area contributed by atoms with Crippen LogP contribution >= 0.6 is 15.9 Å². The predicted octanol–water partition coefficient (Wildman–Crippen LogP) is 5.78. The zero-order valence-electron chi connectivity index (χ0n) is 12.0. The van der Waals surface area contributed by atoms with E-state index in [0.717, 1.165) is 11.8 Å². The third kappa shape index (κ3) is 3.86. The van der Waals surface area contributed by atoms with Gasteiger partial charge < -0.3 is 4.90 Å².